The Kier molecular flexibility index (Phi) is 5.27. The summed E-state index contributed by atoms with van der Waals surface area (Å²) >= 11 is 5.95. The van der Waals surface area contributed by atoms with Gasteiger partial charge in [0.05, 0.1) is 16.1 Å². The van der Waals surface area contributed by atoms with E-state index in [-0.39, 0.29) is 16.8 Å². The van der Waals surface area contributed by atoms with Crippen LogP contribution in [0, 0.1) is 10.1 Å². The first-order chi connectivity index (χ1) is 14.9. The highest BCUT2D eigenvalue weighted by atomic mass is 35.5. The number of hydrogen-bond acceptors (Lipinski definition) is 5. The minimum Gasteiger partial charge on any atom is -0.507 e. The van der Waals surface area contributed by atoms with Crippen molar-refractivity contribution in [3.05, 3.63) is 111 Å². The number of Topliss-reactive ketones (excluding diaryl/α,β-unsaturated/α-hetero) is 1. The number of nitrogens with zero attached hydrogens (tertiary/aromatic N) is 2. The molecule has 8 heteroatoms. The van der Waals surface area contributed by atoms with Crippen molar-refractivity contribution in [2.45, 2.75) is 6.04 Å². The van der Waals surface area contributed by atoms with E-state index >= 15 is 0 Å². The van der Waals surface area contributed by atoms with Crippen molar-refractivity contribution < 1.29 is 19.6 Å². The standard InChI is InChI=1S/C23H15ClN2O5/c24-15-10-12-16(13-11-15)25-20(17-8-4-5-9-18(17)26(30)31)19(22(28)23(25)29)21(27)14-6-2-1-3-7-14/h1-13,20,27H/t20-/m0/s1. The lowest BCUT2D eigenvalue weighted by atomic mass is 9.94. The number of carbonyl (C=O) groups is 2. The fraction of sp³-hybridized carbons (Fsp3) is 0.0435. The Labute approximate surface area is 182 Å². The Morgan fingerprint density at radius 3 is 2.19 bits per heavy atom. The number of hydrogen-bond donors (Lipinski definition) is 1. The van der Waals surface area contributed by atoms with E-state index in [9.17, 15) is 24.8 Å². The molecular weight excluding hydrogens is 420 g/mol. The molecular formula is C23H15ClN2O5. The van der Waals surface area contributed by atoms with E-state index in [1.54, 1.807) is 48.5 Å². The van der Waals surface area contributed by atoms with E-state index < -0.39 is 28.4 Å². The number of ketones is 1. The number of halogens is 1. The maximum absolute atomic E-state index is 13.0. The Morgan fingerprint density at radius 2 is 1.55 bits per heavy atom. The molecule has 1 saturated heterocycles. The van der Waals surface area contributed by atoms with Gasteiger partial charge in [0.25, 0.3) is 17.4 Å². The largest absolute Gasteiger partial charge is 0.507 e. The fourth-order valence-corrected chi connectivity index (χ4v) is 3.76. The second-order valence-electron chi connectivity index (χ2n) is 6.83. The van der Waals surface area contributed by atoms with Gasteiger partial charge >= 0.3 is 0 Å². The van der Waals surface area contributed by atoms with Gasteiger partial charge in [-0.05, 0) is 30.3 Å². The molecule has 7 nitrogen and oxygen atoms in total. The highest BCUT2D eigenvalue weighted by Gasteiger charge is 2.48. The number of carbonyl (C=O) groups excluding carboxylic acids is 2. The number of amides is 1. The quantitative estimate of drug-likeness (QED) is 0.207. The number of aliphatic hydroxyl groups excluding tert-OH is 1. The summed E-state index contributed by atoms with van der Waals surface area (Å²) in [5.74, 6) is -2.24. The SMILES string of the molecule is O=C1C(=O)N(c2ccc(Cl)cc2)[C@@H](c2ccccc2[N+](=O)[O-])C1=C(O)c1ccccc1. The van der Waals surface area contributed by atoms with Crippen LogP contribution in [0.15, 0.2) is 84.4 Å². The minimum atomic E-state index is -1.19. The van der Waals surface area contributed by atoms with Crippen molar-refractivity contribution in [3.63, 3.8) is 0 Å². The van der Waals surface area contributed by atoms with Crippen molar-refractivity contribution in [1.29, 1.82) is 0 Å². The van der Waals surface area contributed by atoms with Crippen LogP contribution in [0.4, 0.5) is 11.4 Å². The zero-order valence-corrected chi connectivity index (χ0v) is 16.7. The first-order valence-corrected chi connectivity index (χ1v) is 9.63. The van der Waals surface area contributed by atoms with Gasteiger partial charge < -0.3 is 5.11 Å². The average molecular weight is 435 g/mol. The smallest absolute Gasteiger partial charge is 0.300 e. The van der Waals surface area contributed by atoms with Gasteiger partial charge in [0.1, 0.15) is 11.8 Å². The predicted molar refractivity (Wildman–Crippen MR) is 116 cm³/mol. The number of anilines is 1. The molecule has 0 unspecified atom stereocenters. The van der Waals surface area contributed by atoms with E-state index in [2.05, 4.69) is 0 Å². The van der Waals surface area contributed by atoms with Gasteiger partial charge in [-0.3, -0.25) is 24.6 Å². The summed E-state index contributed by atoms with van der Waals surface area (Å²) in [6.07, 6.45) is 0. The van der Waals surface area contributed by atoms with Gasteiger partial charge in [0.15, 0.2) is 0 Å². The molecule has 0 aliphatic carbocycles. The summed E-state index contributed by atoms with van der Waals surface area (Å²) in [6, 6.07) is 19.1. The van der Waals surface area contributed by atoms with Gasteiger partial charge in [0.2, 0.25) is 0 Å². The highest BCUT2D eigenvalue weighted by molar-refractivity contribution is 6.51. The average Bonchev–Trinajstić information content (AvgIpc) is 3.05. The van der Waals surface area contributed by atoms with E-state index in [4.69, 9.17) is 11.6 Å². The molecule has 1 amide bonds. The normalized spacial score (nSPS) is 17.7. The van der Waals surface area contributed by atoms with Gasteiger partial charge in [-0.15, -0.1) is 0 Å². The molecule has 1 fully saturated rings. The van der Waals surface area contributed by atoms with E-state index in [1.807, 2.05) is 0 Å². The zero-order valence-electron chi connectivity index (χ0n) is 15.9. The van der Waals surface area contributed by atoms with Gasteiger partial charge in [0, 0.05) is 22.3 Å². The van der Waals surface area contributed by atoms with Crippen LogP contribution in [0.2, 0.25) is 5.02 Å². The van der Waals surface area contributed by atoms with Crippen LogP contribution in [0.25, 0.3) is 5.76 Å². The van der Waals surface area contributed by atoms with Gasteiger partial charge in [-0.1, -0.05) is 54.1 Å². The molecule has 3 aromatic rings. The third kappa shape index (κ3) is 3.55. The Hall–Kier alpha value is -3.97. The predicted octanol–water partition coefficient (Wildman–Crippen LogP) is 4.87. The van der Waals surface area contributed by atoms with Crippen LogP contribution in [-0.2, 0) is 9.59 Å². The third-order valence-corrected chi connectivity index (χ3v) is 5.28. The molecule has 1 aliphatic heterocycles. The van der Waals surface area contributed by atoms with Crippen LogP contribution < -0.4 is 4.90 Å². The zero-order chi connectivity index (χ0) is 22.1. The lowest BCUT2D eigenvalue weighted by molar-refractivity contribution is -0.385. The third-order valence-electron chi connectivity index (χ3n) is 5.02. The second kappa shape index (κ2) is 8.04. The molecule has 0 radical (unpaired) electrons. The summed E-state index contributed by atoms with van der Waals surface area (Å²) in [4.78, 5) is 38.3. The number of nitro groups is 1. The van der Waals surface area contributed by atoms with E-state index in [1.165, 1.54) is 30.3 Å². The minimum absolute atomic E-state index is 0.110. The number of nitro benzene ring substituents is 1. The molecule has 154 valence electrons. The van der Waals surface area contributed by atoms with Crippen LogP contribution >= 0.6 is 11.6 Å². The number of para-hydroxylation sites is 1. The van der Waals surface area contributed by atoms with Crippen LogP contribution in [-0.4, -0.2) is 21.7 Å². The molecule has 1 N–H and O–H groups in total. The molecule has 1 atom stereocenters. The van der Waals surface area contributed by atoms with Crippen LogP contribution in [0.1, 0.15) is 17.2 Å². The molecule has 4 rings (SSSR count). The molecule has 0 spiro atoms. The van der Waals surface area contributed by atoms with Crippen LogP contribution in [0.5, 0.6) is 0 Å². The Balaban J connectivity index is 2.01. The van der Waals surface area contributed by atoms with Crippen LogP contribution in [0.3, 0.4) is 0 Å². The lowest BCUT2D eigenvalue weighted by Gasteiger charge is -2.25. The molecule has 0 bridgehead atoms. The van der Waals surface area contributed by atoms with Gasteiger partial charge in [-0.2, -0.15) is 0 Å². The summed E-state index contributed by atoms with van der Waals surface area (Å²) in [6.45, 7) is 0. The first-order valence-electron chi connectivity index (χ1n) is 9.25. The molecule has 31 heavy (non-hydrogen) atoms. The van der Waals surface area contributed by atoms with E-state index in [0.717, 1.165) is 4.90 Å². The van der Waals surface area contributed by atoms with Crippen molar-refractivity contribution in [2.24, 2.45) is 0 Å². The molecule has 0 saturated carbocycles. The molecule has 3 aromatic carbocycles. The number of aliphatic hydroxyl groups is 1. The summed E-state index contributed by atoms with van der Waals surface area (Å²) in [7, 11) is 0. The van der Waals surface area contributed by atoms with E-state index in [0.29, 0.717) is 16.3 Å². The monoisotopic (exact) mass is 434 g/mol. The van der Waals surface area contributed by atoms with Gasteiger partial charge in [-0.25, -0.2) is 0 Å². The maximum atomic E-state index is 13.0. The Bertz CT molecular complexity index is 1220. The first kappa shape index (κ1) is 20.3. The topological polar surface area (TPSA) is 101 Å². The summed E-state index contributed by atoms with van der Waals surface area (Å²) < 4.78 is 0. The van der Waals surface area contributed by atoms with Crippen molar-refractivity contribution in [3.8, 4) is 0 Å². The van der Waals surface area contributed by atoms with Crippen molar-refractivity contribution in [1.82, 2.24) is 0 Å². The second-order valence-corrected chi connectivity index (χ2v) is 7.26. The molecule has 1 aliphatic rings. The van der Waals surface area contributed by atoms with Crippen molar-refractivity contribution in [2.75, 3.05) is 4.90 Å². The highest BCUT2D eigenvalue weighted by Crippen LogP contribution is 2.44. The molecule has 1 heterocycles. The van der Waals surface area contributed by atoms with Crippen molar-refractivity contribution >= 4 is 40.4 Å². The summed E-state index contributed by atoms with van der Waals surface area (Å²) in [5.41, 5.74) is 0.258. The fourth-order valence-electron chi connectivity index (χ4n) is 3.63. The lowest BCUT2D eigenvalue weighted by Crippen LogP contribution is -2.29. The molecule has 0 aromatic heterocycles. The summed E-state index contributed by atoms with van der Waals surface area (Å²) in [5, 5.41) is 23.1. The maximum Gasteiger partial charge on any atom is 0.300 e. The number of rotatable bonds is 4. The Morgan fingerprint density at radius 1 is 0.935 bits per heavy atom. The number of benzene rings is 3.